The first-order valence-electron chi connectivity index (χ1n) is 12.5. The number of amides is 1. The van der Waals surface area contributed by atoms with Gasteiger partial charge in [-0.05, 0) is 48.1 Å². The molecule has 0 saturated carbocycles. The number of pyridine rings is 1. The van der Waals surface area contributed by atoms with Crippen LogP contribution in [0.5, 0.6) is 0 Å². The van der Waals surface area contributed by atoms with Crippen molar-refractivity contribution in [1.82, 2.24) is 15.2 Å². The van der Waals surface area contributed by atoms with Crippen LogP contribution in [0.15, 0.2) is 41.4 Å². The van der Waals surface area contributed by atoms with E-state index in [0.717, 1.165) is 11.3 Å². The summed E-state index contributed by atoms with van der Waals surface area (Å²) in [4.78, 5) is 19.9. The number of carbonyl (C=O) groups is 1. The third-order valence-electron chi connectivity index (χ3n) is 7.00. The summed E-state index contributed by atoms with van der Waals surface area (Å²) in [5.41, 5.74) is 2.83. The van der Waals surface area contributed by atoms with Crippen molar-refractivity contribution < 1.29 is 35.9 Å². The van der Waals surface area contributed by atoms with Gasteiger partial charge in [-0.1, -0.05) is 19.1 Å². The van der Waals surface area contributed by atoms with E-state index in [0.29, 0.717) is 37.2 Å². The number of carbonyl (C=O) groups excluding carboxylic acids is 1. The van der Waals surface area contributed by atoms with Gasteiger partial charge in [0.1, 0.15) is 0 Å². The second kappa shape index (κ2) is 11.7. The van der Waals surface area contributed by atoms with E-state index in [1.54, 1.807) is 25.1 Å². The summed E-state index contributed by atoms with van der Waals surface area (Å²) in [6, 6.07) is 7.66. The summed E-state index contributed by atoms with van der Waals surface area (Å²) in [6.45, 7) is 3.56. The Bertz CT molecular complexity index is 1230. The summed E-state index contributed by atoms with van der Waals surface area (Å²) in [5, 5.41) is 2.93. The van der Waals surface area contributed by atoms with Gasteiger partial charge in [0.2, 0.25) is 0 Å². The molecule has 1 N–H and O–H groups in total. The number of alkyl halides is 3. The molecule has 208 valence electrons. The van der Waals surface area contributed by atoms with E-state index in [2.05, 4.69) is 15.2 Å². The Balaban J connectivity index is 1.36. The second-order valence-corrected chi connectivity index (χ2v) is 12.0. The van der Waals surface area contributed by atoms with Crippen molar-refractivity contribution in [1.29, 1.82) is 0 Å². The van der Waals surface area contributed by atoms with Gasteiger partial charge in [-0.25, -0.2) is 8.42 Å². The van der Waals surface area contributed by atoms with Crippen LogP contribution in [0.1, 0.15) is 53.0 Å². The lowest BCUT2D eigenvalue weighted by atomic mass is 9.97. The molecular weight excluding hydrogens is 523 g/mol. The van der Waals surface area contributed by atoms with E-state index >= 15 is 0 Å². The molecule has 8 nitrogen and oxygen atoms in total. The SMILES string of the molecule is CCS(=O)(=O)c1ccc([C@H](COC)NC(=O)c2cnc3c(c2)CN(C[C@@H]2CCC(C(F)(F)F)OC2)C3)cc1. The molecular formula is C26H32F3N3O5S. The normalized spacial score (nSPS) is 21.2. The zero-order valence-electron chi connectivity index (χ0n) is 21.3. The average molecular weight is 556 g/mol. The number of aromatic nitrogens is 1. The Morgan fingerprint density at radius 2 is 1.97 bits per heavy atom. The van der Waals surface area contributed by atoms with Crippen LogP contribution in [0.2, 0.25) is 0 Å². The number of fused-ring (bicyclic) bond motifs is 1. The monoisotopic (exact) mass is 555 g/mol. The van der Waals surface area contributed by atoms with Crippen LogP contribution in [0, 0.1) is 5.92 Å². The molecule has 0 aliphatic carbocycles. The smallest absolute Gasteiger partial charge is 0.382 e. The summed E-state index contributed by atoms with van der Waals surface area (Å²) in [6.07, 6.45) is -4.07. The Morgan fingerprint density at radius 3 is 2.58 bits per heavy atom. The third-order valence-corrected chi connectivity index (χ3v) is 8.75. The van der Waals surface area contributed by atoms with E-state index in [1.807, 2.05) is 0 Å². The Kier molecular flexibility index (Phi) is 8.75. The second-order valence-electron chi connectivity index (χ2n) is 9.76. The van der Waals surface area contributed by atoms with Gasteiger partial charge in [0.25, 0.3) is 5.91 Å². The van der Waals surface area contributed by atoms with Gasteiger partial charge in [0, 0.05) is 32.9 Å². The molecule has 1 aromatic carbocycles. The number of nitrogens with one attached hydrogen (secondary N) is 1. The fourth-order valence-electron chi connectivity index (χ4n) is 4.86. The maximum atomic E-state index is 13.1. The standard InChI is InChI=1S/C26H32F3N3O5S/c1-3-38(34,35)21-7-5-18(6-8-21)23(16-36-2)31-25(33)19-10-20-13-32(14-22(20)30-11-19)12-17-4-9-24(37-15-17)26(27,28)29/h5-8,10-11,17,23-24H,3-4,9,12-16H2,1-2H3,(H,31,33)/t17-,23-,24?/m0/s1. The van der Waals surface area contributed by atoms with Crippen LogP contribution in [0.3, 0.4) is 0 Å². The van der Waals surface area contributed by atoms with Gasteiger partial charge in [0.05, 0.1) is 41.2 Å². The minimum absolute atomic E-state index is 0.000295. The van der Waals surface area contributed by atoms with E-state index in [-0.39, 0.29) is 42.1 Å². The number of ether oxygens (including phenoxy) is 2. The lowest BCUT2D eigenvalue weighted by molar-refractivity contribution is -0.236. The summed E-state index contributed by atoms with van der Waals surface area (Å²) >= 11 is 0. The predicted molar refractivity (Wildman–Crippen MR) is 133 cm³/mol. The number of hydrogen-bond donors (Lipinski definition) is 1. The summed E-state index contributed by atoms with van der Waals surface area (Å²) in [7, 11) is -1.82. The van der Waals surface area contributed by atoms with Crippen molar-refractivity contribution >= 4 is 15.7 Å². The molecule has 0 bridgehead atoms. The van der Waals surface area contributed by atoms with E-state index < -0.39 is 28.2 Å². The van der Waals surface area contributed by atoms with Gasteiger partial charge < -0.3 is 14.8 Å². The molecule has 4 rings (SSSR count). The fourth-order valence-corrected chi connectivity index (χ4v) is 5.74. The number of benzene rings is 1. The topological polar surface area (TPSA) is 97.8 Å². The van der Waals surface area contributed by atoms with Crippen molar-refractivity contribution in [3.05, 3.63) is 58.9 Å². The van der Waals surface area contributed by atoms with Crippen molar-refractivity contribution in [2.24, 2.45) is 5.92 Å². The van der Waals surface area contributed by atoms with Crippen molar-refractivity contribution in [2.75, 3.05) is 32.6 Å². The highest BCUT2D eigenvalue weighted by Gasteiger charge is 2.43. The van der Waals surface area contributed by atoms with Crippen molar-refractivity contribution in [2.45, 2.75) is 56.1 Å². The maximum Gasteiger partial charge on any atom is 0.414 e. The minimum atomic E-state index is -4.32. The highest BCUT2D eigenvalue weighted by atomic mass is 32.2. The zero-order valence-corrected chi connectivity index (χ0v) is 22.1. The molecule has 3 atom stereocenters. The van der Waals surface area contributed by atoms with Crippen LogP contribution >= 0.6 is 0 Å². The van der Waals surface area contributed by atoms with Crippen LogP contribution in [-0.4, -0.2) is 69.1 Å². The number of nitrogens with zero attached hydrogens (tertiary/aromatic N) is 2. The molecule has 0 radical (unpaired) electrons. The Morgan fingerprint density at radius 1 is 1.24 bits per heavy atom. The average Bonchev–Trinajstić information content (AvgIpc) is 3.29. The molecule has 2 aliphatic rings. The molecule has 3 heterocycles. The number of hydrogen-bond acceptors (Lipinski definition) is 7. The molecule has 2 aromatic rings. The summed E-state index contributed by atoms with van der Waals surface area (Å²) in [5.74, 6) is -0.329. The largest absolute Gasteiger partial charge is 0.414 e. The van der Waals surface area contributed by atoms with Crippen molar-refractivity contribution in [3.63, 3.8) is 0 Å². The zero-order chi connectivity index (χ0) is 27.5. The number of halogens is 3. The van der Waals surface area contributed by atoms with Crippen LogP contribution in [0.25, 0.3) is 0 Å². The van der Waals surface area contributed by atoms with E-state index in [4.69, 9.17) is 9.47 Å². The molecule has 1 saturated heterocycles. The van der Waals surface area contributed by atoms with Crippen LogP contribution in [0.4, 0.5) is 13.2 Å². The molecule has 1 fully saturated rings. The predicted octanol–water partition coefficient (Wildman–Crippen LogP) is 3.67. The number of sulfone groups is 1. The minimum Gasteiger partial charge on any atom is -0.382 e. The van der Waals surface area contributed by atoms with Crippen LogP contribution in [-0.2, 0) is 32.4 Å². The molecule has 38 heavy (non-hydrogen) atoms. The molecule has 2 aliphatic heterocycles. The first-order valence-corrected chi connectivity index (χ1v) is 14.2. The highest BCUT2D eigenvalue weighted by Crippen LogP contribution is 2.33. The number of rotatable bonds is 9. The molecule has 1 unspecified atom stereocenters. The van der Waals surface area contributed by atoms with E-state index in [1.165, 1.54) is 25.4 Å². The first kappa shape index (κ1) is 28.5. The molecule has 1 aromatic heterocycles. The van der Waals surface area contributed by atoms with Crippen molar-refractivity contribution in [3.8, 4) is 0 Å². The van der Waals surface area contributed by atoms with E-state index in [9.17, 15) is 26.4 Å². The first-order chi connectivity index (χ1) is 18.0. The van der Waals surface area contributed by atoms with Gasteiger partial charge >= 0.3 is 6.18 Å². The Labute approximate surface area is 220 Å². The van der Waals surface area contributed by atoms with Crippen LogP contribution < -0.4 is 5.32 Å². The quantitative estimate of drug-likeness (QED) is 0.504. The third kappa shape index (κ3) is 6.71. The fraction of sp³-hybridized carbons (Fsp3) is 0.538. The maximum absolute atomic E-state index is 13.1. The van der Waals surface area contributed by atoms with Gasteiger partial charge in [-0.15, -0.1) is 0 Å². The van der Waals surface area contributed by atoms with Gasteiger partial charge in [-0.3, -0.25) is 14.7 Å². The highest BCUT2D eigenvalue weighted by molar-refractivity contribution is 7.91. The molecule has 0 spiro atoms. The molecule has 1 amide bonds. The Hall–Kier alpha value is -2.54. The lowest BCUT2D eigenvalue weighted by Crippen LogP contribution is -2.40. The lowest BCUT2D eigenvalue weighted by Gasteiger charge is -2.32. The molecule has 12 heteroatoms. The number of methoxy groups -OCH3 is 1. The van der Waals surface area contributed by atoms with Gasteiger partial charge in [0.15, 0.2) is 15.9 Å². The van der Waals surface area contributed by atoms with Gasteiger partial charge in [-0.2, -0.15) is 13.2 Å². The summed E-state index contributed by atoms with van der Waals surface area (Å²) < 4.78 is 73.0.